The highest BCUT2D eigenvalue weighted by molar-refractivity contribution is 7.10. The topological polar surface area (TPSA) is 57.4 Å². The molecule has 26 heavy (non-hydrogen) atoms. The predicted molar refractivity (Wildman–Crippen MR) is 105 cm³/mol. The smallest absolute Gasteiger partial charge is 0.161 e. The maximum absolute atomic E-state index is 6.36. The van der Waals surface area contributed by atoms with Crippen molar-refractivity contribution in [1.82, 2.24) is 4.98 Å². The number of benzene rings is 2. The number of halogens is 1. The third kappa shape index (κ3) is 3.85. The summed E-state index contributed by atoms with van der Waals surface area (Å²) in [6.45, 7) is 1.36. The molecule has 2 aromatic carbocycles. The normalized spacial score (nSPS) is 14.7. The van der Waals surface area contributed by atoms with Crippen LogP contribution in [0.2, 0.25) is 5.02 Å². The highest BCUT2D eigenvalue weighted by Crippen LogP contribution is 2.35. The number of thiazole rings is 1. The molecule has 4 nitrogen and oxygen atoms in total. The summed E-state index contributed by atoms with van der Waals surface area (Å²) in [4.78, 5) is 4.74. The van der Waals surface area contributed by atoms with Gasteiger partial charge >= 0.3 is 0 Å². The van der Waals surface area contributed by atoms with Crippen LogP contribution in [-0.4, -0.2) is 18.2 Å². The van der Waals surface area contributed by atoms with Gasteiger partial charge in [-0.25, -0.2) is 4.98 Å². The van der Waals surface area contributed by atoms with Crippen molar-refractivity contribution >= 4 is 22.9 Å². The molecule has 0 spiro atoms. The van der Waals surface area contributed by atoms with Crippen molar-refractivity contribution in [1.29, 1.82) is 0 Å². The van der Waals surface area contributed by atoms with Crippen molar-refractivity contribution < 1.29 is 9.47 Å². The molecule has 0 bridgehead atoms. The zero-order valence-electron chi connectivity index (χ0n) is 14.2. The summed E-state index contributed by atoms with van der Waals surface area (Å²) in [5.74, 6) is 1.57. The Morgan fingerprint density at radius 1 is 1.08 bits per heavy atom. The van der Waals surface area contributed by atoms with Gasteiger partial charge < -0.3 is 15.2 Å². The SMILES string of the molecule is NC(Cc1ccc(Cl)cc1)c1nc(-c2ccc3c(c2)OCCCO3)cs1. The third-order valence-electron chi connectivity index (χ3n) is 4.25. The lowest BCUT2D eigenvalue weighted by Gasteiger charge is -2.09. The third-order valence-corrected chi connectivity index (χ3v) is 5.48. The van der Waals surface area contributed by atoms with Gasteiger partial charge in [0.05, 0.1) is 24.9 Å². The molecule has 2 N–H and O–H groups in total. The van der Waals surface area contributed by atoms with Crippen LogP contribution in [0.4, 0.5) is 0 Å². The van der Waals surface area contributed by atoms with E-state index in [9.17, 15) is 0 Å². The summed E-state index contributed by atoms with van der Waals surface area (Å²) in [7, 11) is 0. The molecular formula is C20H19ClN2O2S. The summed E-state index contributed by atoms with van der Waals surface area (Å²) in [5.41, 5.74) is 9.42. The van der Waals surface area contributed by atoms with Crippen molar-refractivity contribution in [2.75, 3.05) is 13.2 Å². The Balaban J connectivity index is 1.52. The maximum atomic E-state index is 6.36. The number of aromatic nitrogens is 1. The Bertz CT molecular complexity index is 895. The molecule has 1 atom stereocenters. The second-order valence-corrected chi connectivity index (χ2v) is 7.55. The first-order valence-electron chi connectivity index (χ1n) is 8.54. The summed E-state index contributed by atoms with van der Waals surface area (Å²) < 4.78 is 11.5. The monoisotopic (exact) mass is 386 g/mol. The van der Waals surface area contributed by atoms with Crippen LogP contribution in [0.1, 0.15) is 23.0 Å². The molecule has 1 aromatic heterocycles. The van der Waals surface area contributed by atoms with Gasteiger partial charge in [-0.15, -0.1) is 11.3 Å². The van der Waals surface area contributed by atoms with E-state index in [1.54, 1.807) is 11.3 Å². The molecule has 0 saturated carbocycles. The number of nitrogens with zero attached hydrogens (tertiary/aromatic N) is 1. The Hall–Kier alpha value is -2.08. The fourth-order valence-electron chi connectivity index (χ4n) is 2.87. The van der Waals surface area contributed by atoms with Gasteiger partial charge in [0.1, 0.15) is 5.01 Å². The van der Waals surface area contributed by atoms with Crippen molar-refractivity contribution in [2.45, 2.75) is 18.9 Å². The number of ether oxygens (including phenoxy) is 2. The molecule has 1 unspecified atom stereocenters. The lowest BCUT2D eigenvalue weighted by atomic mass is 10.1. The molecule has 2 heterocycles. The van der Waals surface area contributed by atoms with E-state index in [-0.39, 0.29) is 6.04 Å². The van der Waals surface area contributed by atoms with Crippen LogP contribution in [0.3, 0.4) is 0 Å². The minimum Gasteiger partial charge on any atom is -0.490 e. The van der Waals surface area contributed by atoms with E-state index >= 15 is 0 Å². The van der Waals surface area contributed by atoms with Crippen molar-refractivity contribution in [3.63, 3.8) is 0 Å². The average molecular weight is 387 g/mol. The van der Waals surface area contributed by atoms with E-state index in [2.05, 4.69) is 0 Å². The standard InChI is InChI=1S/C20H19ClN2O2S/c21-15-5-2-13(3-6-15)10-16(22)20-23-17(12-26-20)14-4-7-18-19(11-14)25-9-1-8-24-18/h2-7,11-12,16H,1,8-10,22H2. The largest absolute Gasteiger partial charge is 0.490 e. The summed E-state index contributed by atoms with van der Waals surface area (Å²) in [6.07, 6.45) is 1.62. The molecule has 4 rings (SSSR count). The zero-order chi connectivity index (χ0) is 17.9. The summed E-state index contributed by atoms with van der Waals surface area (Å²) in [5, 5.41) is 3.69. The molecule has 3 aromatic rings. The van der Waals surface area contributed by atoms with E-state index in [4.69, 9.17) is 31.8 Å². The second kappa shape index (κ2) is 7.66. The van der Waals surface area contributed by atoms with Crippen molar-refractivity contribution in [2.24, 2.45) is 5.73 Å². The highest BCUT2D eigenvalue weighted by Gasteiger charge is 2.15. The molecule has 134 valence electrons. The molecular weight excluding hydrogens is 368 g/mol. The molecule has 1 aliphatic rings. The first kappa shape index (κ1) is 17.3. The van der Waals surface area contributed by atoms with Crippen LogP contribution in [-0.2, 0) is 6.42 Å². The second-order valence-electron chi connectivity index (χ2n) is 6.22. The predicted octanol–water partition coefficient (Wildman–Crippen LogP) is 4.87. The van der Waals surface area contributed by atoms with Gasteiger partial charge in [-0.1, -0.05) is 23.7 Å². The van der Waals surface area contributed by atoms with E-state index in [0.29, 0.717) is 13.2 Å². The number of hydrogen-bond donors (Lipinski definition) is 1. The van der Waals surface area contributed by atoms with Gasteiger partial charge in [0, 0.05) is 22.4 Å². The van der Waals surface area contributed by atoms with E-state index < -0.39 is 0 Å². The molecule has 0 amide bonds. The van der Waals surface area contributed by atoms with E-state index in [1.807, 2.05) is 47.8 Å². The highest BCUT2D eigenvalue weighted by atomic mass is 35.5. The van der Waals surface area contributed by atoms with Gasteiger partial charge in [0.15, 0.2) is 11.5 Å². The van der Waals surface area contributed by atoms with Gasteiger partial charge in [-0.3, -0.25) is 0 Å². The van der Waals surface area contributed by atoms with Crippen LogP contribution < -0.4 is 15.2 Å². The number of fused-ring (bicyclic) bond motifs is 1. The van der Waals surface area contributed by atoms with Crippen molar-refractivity contribution in [3.8, 4) is 22.8 Å². The summed E-state index contributed by atoms with van der Waals surface area (Å²) in [6, 6.07) is 13.6. The van der Waals surface area contributed by atoms with Gasteiger partial charge in [0.2, 0.25) is 0 Å². The molecule has 0 radical (unpaired) electrons. The van der Waals surface area contributed by atoms with Crippen LogP contribution in [0.5, 0.6) is 11.5 Å². The van der Waals surface area contributed by atoms with Gasteiger partial charge in [-0.05, 0) is 42.3 Å². The number of nitrogens with two attached hydrogens (primary N) is 1. The van der Waals surface area contributed by atoms with Crippen LogP contribution in [0.25, 0.3) is 11.3 Å². The molecule has 0 fully saturated rings. The van der Waals surface area contributed by atoms with Gasteiger partial charge in [-0.2, -0.15) is 0 Å². The maximum Gasteiger partial charge on any atom is 0.161 e. The molecule has 0 saturated heterocycles. The number of hydrogen-bond acceptors (Lipinski definition) is 5. The molecule has 1 aliphatic heterocycles. The lowest BCUT2D eigenvalue weighted by molar-refractivity contribution is 0.297. The summed E-state index contributed by atoms with van der Waals surface area (Å²) >= 11 is 7.52. The zero-order valence-corrected chi connectivity index (χ0v) is 15.7. The van der Waals surface area contributed by atoms with Crippen LogP contribution >= 0.6 is 22.9 Å². The fraction of sp³-hybridized carbons (Fsp3) is 0.250. The molecule has 6 heteroatoms. The van der Waals surface area contributed by atoms with Crippen LogP contribution in [0.15, 0.2) is 47.8 Å². The van der Waals surface area contributed by atoms with Gasteiger partial charge in [0.25, 0.3) is 0 Å². The minimum absolute atomic E-state index is 0.143. The Morgan fingerprint density at radius 2 is 1.85 bits per heavy atom. The quantitative estimate of drug-likeness (QED) is 0.695. The minimum atomic E-state index is -0.143. The Labute approximate surface area is 161 Å². The Kier molecular flexibility index (Phi) is 5.11. The van der Waals surface area contributed by atoms with Crippen LogP contribution in [0, 0.1) is 0 Å². The first-order valence-corrected chi connectivity index (χ1v) is 9.80. The first-order chi connectivity index (χ1) is 12.7. The average Bonchev–Trinajstić information content (AvgIpc) is 3.03. The van der Waals surface area contributed by atoms with Crippen molar-refractivity contribution in [3.05, 3.63) is 63.4 Å². The van der Waals surface area contributed by atoms with E-state index in [1.165, 1.54) is 0 Å². The molecule has 0 aliphatic carbocycles. The van der Waals surface area contributed by atoms with E-state index in [0.717, 1.165) is 51.2 Å². The fourth-order valence-corrected chi connectivity index (χ4v) is 3.83. The number of rotatable bonds is 4. The Morgan fingerprint density at radius 3 is 2.65 bits per heavy atom. The lowest BCUT2D eigenvalue weighted by Crippen LogP contribution is -2.13.